The molecule has 3 aromatic carbocycles. The first-order valence-electron chi connectivity index (χ1n) is 14.3. The van der Waals surface area contributed by atoms with Crippen molar-refractivity contribution in [2.75, 3.05) is 0 Å². The first-order chi connectivity index (χ1) is 17.2. The van der Waals surface area contributed by atoms with E-state index in [4.69, 9.17) is 0 Å². The van der Waals surface area contributed by atoms with Gasteiger partial charge in [-0.15, -0.1) is 0 Å². The number of fused-ring (bicyclic) bond motifs is 3. The van der Waals surface area contributed by atoms with E-state index in [1.54, 1.807) is 0 Å². The molecule has 0 saturated carbocycles. The summed E-state index contributed by atoms with van der Waals surface area (Å²) in [6, 6.07) is 20.4. The quantitative estimate of drug-likeness (QED) is 0.285. The summed E-state index contributed by atoms with van der Waals surface area (Å²) in [5.74, 6) is 0.433. The van der Waals surface area contributed by atoms with Gasteiger partial charge in [-0.1, -0.05) is 122 Å². The van der Waals surface area contributed by atoms with Crippen molar-refractivity contribution < 1.29 is 5.11 Å². The summed E-state index contributed by atoms with van der Waals surface area (Å²) in [4.78, 5) is 0. The first kappa shape index (κ1) is 26.5. The van der Waals surface area contributed by atoms with E-state index in [0.29, 0.717) is 5.75 Å². The second kappa shape index (κ2) is 10.8. The van der Waals surface area contributed by atoms with Crippen LogP contribution in [-0.4, -0.2) is 5.11 Å². The molecular weight excluding hydrogens is 436 g/mol. The fourth-order valence-corrected chi connectivity index (χ4v) is 6.39. The van der Waals surface area contributed by atoms with Crippen LogP contribution in [-0.2, 0) is 10.8 Å². The molecule has 1 unspecified atom stereocenters. The van der Waals surface area contributed by atoms with Crippen molar-refractivity contribution >= 4 is 0 Å². The highest BCUT2D eigenvalue weighted by Crippen LogP contribution is 2.55. The van der Waals surface area contributed by atoms with Crippen molar-refractivity contribution in [2.45, 2.75) is 110 Å². The van der Waals surface area contributed by atoms with Crippen LogP contribution in [0, 0.1) is 6.92 Å². The maximum Gasteiger partial charge on any atom is 0.127 e. The van der Waals surface area contributed by atoms with Gasteiger partial charge in [0.2, 0.25) is 0 Å². The highest BCUT2D eigenvalue weighted by molar-refractivity contribution is 5.85. The molecule has 0 aliphatic heterocycles. The van der Waals surface area contributed by atoms with Crippen molar-refractivity contribution in [1.82, 2.24) is 0 Å². The van der Waals surface area contributed by atoms with E-state index < -0.39 is 0 Å². The highest BCUT2D eigenvalue weighted by Gasteiger charge is 2.42. The Bertz CT molecular complexity index is 1200. The summed E-state index contributed by atoms with van der Waals surface area (Å²) in [5.41, 5.74) is 10.1. The Hall–Kier alpha value is -2.54. The third-order valence-electron chi connectivity index (χ3n) is 8.31. The number of hydrogen-bond acceptors (Lipinski definition) is 1. The Morgan fingerprint density at radius 3 is 2.03 bits per heavy atom. The topological polar surface area (TPSA) is 20.2 Å². The van der Waals surface area contributed by atoms with Gasteiger partial charge in [-0.2, -0.15) is 0 Å². The fraction of sp³-hybridized carbons (Fsp3) is 0.486. The van der Waals surface area contributed by atoms with Crippen LogP contribution in [0.25, 0.3) is 22.3 Å². The number of aromatic hydroxyl groups is 1. The second-order valence-electron chi connectivity index (χ2n) is 12.1. The molecular formula is C35H46O. The number of hydrogen-bond donors (Lipinski definition) is 1. The van der Waals surface area contributed by atoms with E-state index in [1.807, 2.05) is 0 Å². The fourth-order valence-electron chi connectivity index (χ4n) is 6.39. The van der Waals surface area contributed by atoms with Crippen LogP contribution in [0.15, 0.2) is 54.6 Å². The van der Waals surface area contributed by atoms with E-state index in [1.165, 1.54) is 85.6 Å². The highest BCUT2D eigenvalue weighted by atomic mass is 16.3. The minimum atomic E-state index is -0.110. The zero-order valence-electron chi connectivity index (χ0n) is 23.5. The number of unbranched alkanes of at least 4 members (excludes halogenated alkanes) is 5. The van der Waals surface area contributed by atoms with Crippen LogP contribution in [0.3, 0.4) is 0 Å². The molecule has 0 saturated heterocycles. The van der Waals surface area contributed by atoms with Gasteiger partial charge in [0.15, 0.2) is 0 Å². The lowest BCUT2D eigenvalue weighted by atomic mass is 9.70. The van der Waals surface area contributed by atoms with Crippen molar-refractivity contribution in [3.05, 3.63) is 76.9 Å². The number of rotatable bonds is 10. The molecule has 0 radical (unpaired) electrons. The minimum absolute atomic E-state index is 0.0666. The molecule has 4 rings (SSSR count). The number of phenolic OH excluding ortho intramolecular Hbond substituents is 1. The lowest BCUT2D eigenvalue weighted by Crippen LogP contribution is -2.25. The van der Waals surface area contributed by atoms with Crippen LogP contribution in [0.4, 0.5) is 0 Å². The van der Waals surface area contributed by atoms with E-state index in [-0.39, 0.29) is 10.8 Å². The van der Waals surface area contributed by atoms with Crippen molar-refractivity contribution in [3.63, 3.8) is 0 Å². The van der Waals surface area contributed by atoms with Crippen molar-refractivity contribution in [2.24, 2.45) is 0 Å². The summed E-state index contributed by atoms with van der Waals surface area (Å²) >= 11 is 0. The third kappa shape index (κ3) is 4.99. The zero-order chi connectivity index (χ0) is 25.9. The molecule has 1 aliphatic carbocycles. The summed E-state index contributed by atoms with van der Waals surface area (Å²) in [7, 11) is 0. The monoisotopic (exact) mass is 482 g/mol. The van der Waals surface area contributed by atoms with Gasteiger partial charge in [0, 0.05) is 16.5 Å². The van der Waals surface area contributed by atoms with Gasteiger partial charge in [-0.3, -0.25) is 0 Å². The molecule has 0 heterocycles. The predicted octanol–water partition coefficient (Wildman–Crippen LogP) is 10.5. The standard InChI is InChI=1S/C35H46O/c1-7-9-11-15-21-35(20-14-10-8-2)30-17-13-12-16-27(30)28-19-18-26(24-31(28)35)29-22-25(3)23-32(33(29)36)34(4,5)6/h12-13,16-19,22-24,36H,7-11,14-15,20-21H2,1-6H3. The maximum absolute atomic E-state index is 11.4. The second-order valence-corrected chi connectivity index (χ2v) is 12.1. The maximum atomic E-state index is 11.4. The SMILES string of the molecule is CCCCCCC1(CCCCC)c2ccccc2-c2ccc(-c3cc(C)cc(C(C)(C)C)c3O)cc21. The number of aryl methyl sites for hydroxylation is 1. The normalized spacial score (nSPS) is 16.7. The van der Waals surface area contributed by atoms with Crippen molar-refractivity contribution in [1.29, 1.82) is 0 Å². The van der Waals surface area contributed by atoms with Gasteiger partial charge in [0.05, 0.1) is 0 Å². The van der Waals surface area contributed by atoms with Crippen molar-refractivity contribution in [3.8, 4) is 28.0 Å². The van der Waals surface area contributed by atoms with Crippen LogP contribution >= 0.6 is 0 Å². The van der Waals surface area contributed by atoms with Gasteiger partial charge in [-0.25, -0.2) is 0 Å². The van der Waals surface area contributed by atoms with E-state index in [0.717, 1.165) is 16.7 Å². The van der Waals surface area contributed by atoms with Crippen LogP contribution in [0.2, 0.25) is 0 Å². The Labute approximate surface area is 220 Å². The molecule has 1 heteroatoms. The van der Waals surface area contributed by atoms with E-state index in [9.17, 15) is 5.11 Å². The van der Waals surface area contributed by atoms with Gasteiger partial charge in [0.25, 0.3) is 0 Å². The molecule has 0 amide bonds. The average Bonchev–Trinajstić information content (AvgIpc) is 3.12. The van der Waals surface area contributed by atoms with Crippen LogP contribution in [0.1, 0.15) is 115 Å². The van der Waals surface area contributed by atoms with Gasteiger partial charge >= 0.3 is 0 Å². The average molecular weight is 483 g/mol. The minimum Gasteiger partial charge on any atom is -0.507 e. The Morgan fingerprint density at radius 2 is 1.33 bits per heavy atom. The third-order valence-corrected chi connectivity index (χ3v) is 8.31. The molecule has 192 valence electrons. The summed E-state index contributed by atoms with van der Waals surface area (Å²) < 4.78 is 0. The Balaban J connectivity index is 1.88. The molecule has 1 N–H and O–H groups in total. The lowest BCUT2D eigenvalue weighted by Gasteiger charge is -2.33. The summed E-state index contributed by atoms with van der Waals surface area (Å²) in [6.45, 7) is 13.3. The van der Waals surface area contributed by atoms with E-state index >= 15 is 0 Å². The number of benzene rings is 3. The molecule has 36 heavy (non-hydrogen) atoms. The summed E-state index contributed by atoms with van der Waals surface area (Å²) in [5, 5.41) is 11.4. The van der Waals surface area contributed by atoms with Gasteiger partial charge in [-0.05, 0) is 70.7 Å². The van der Waals surface area contributed by atoms with Gasteiger partial charge in [0.1, 0.15) is 5.75 Å². The molecule has 1 aliphatic rings. The number of phenols is 1. The molecule has 0 fully saturated rings. The predicted molar refractivity (Wildman–Crippen MR) is 156 cm³/mol. The van der Waals surface area contributed by atoms with Crippen LogP contribution in [0.5, 0.6) is 5.75 Å². The first-order valence-corrected chi connectivity index (χ1v) is 14.3. The zero-order valence-corrected chi connectivity index (χ0v) is 23.5. The van der Waals surface area contributed by atoms with E-state index in [2.05, 4.69) is 96.1 Å². The Morgan fingerprint density at radius 1 is 0.694 bits per heavy atom. The van der Waals surface area contributed by atoms with Gasteiger partial charge < -0.3 is 5.11 Å². The smallest absolute Gasteiger partial charge is 0.127 e. The molecule has 1 nitrogen and oxygen atoms in total. The molecule has 0 spiro atoms. The molecule has 0 bridgehead atoms. The lowest BCUT2D eigenvalue weighted by molar-refractivity contribution is 0.403. The molecule has 0 aromatic heterocycles. The Kier molecular flexibility index (Phi) is 7.98. The van der Waals surface area contributed by atoms with Crippen LogP contribution < -0.4 is 0 Å². The summed E-state index contributed by atoms with van der Waals surface area (Å²) in [6.07, 6.45) is 11.3. The molecule has 3 aromatic rings. The molecule has 1 atom stereocenters. The largest absolute Gasteiger partial charge is 0.507 e.